The second-order valence-corrected chi connectivity index (χ2v) is 7.76. The maximum absolute atomic E-state index is 14.2. The van der Waals surface area contributed by atoms with Crippen LogP contribution in [0.1, 0.15) is 63.2 Å². The lowest BCUT2D eigenvalue weighted by molar-refractivity contribution is -0.187. The summed E-state index contributed by atoms with van der Waals surface area (Å²) in [6.45, 7) is 4.49. The SMILES string of the molecule is CC(C)C(OC(=O)c1ccc(F)c(OC2(C)CCCCC2)c1)C(F)(F)C(=O)O. The van der Waals surface area contributed by atoms with Crippen molar-refractivity contribution in [3.8, 4) is 5.75 Å². The summed E-state index contributed by atoms with van der Waals surface area (Å²) >= 11 is 0. The van der Waals surface area contributed by atoms with Crippen LogP contribution in [-0.2, 0) is 9.53 Å². The quantitative estimate of drug-likeness (QED) is 0.662. The van der Waals surface area contributed by atoms with Crippen LogP contribution in [0.4, 0.5) is 13.2 Å². The molecule has 1 saturated carbocycles. The van der Waals surface area contributed by atoms with Crippen LogP contribution >= 0.6 is 0 Å². The smallest absolute Gasteiger partial charge is 0.378 e. The molecule has 0 amide bonds. The molecule has 1 unspecified atom stereocenters. The average Bonchev–Trinajstić information content (AvgIpc) is 2.61. The number of carboxylic acids is 1. The molecule has 1 atom stereocenters. The van der Waals surface area contributed by atoms with Gasteiger partial charge in [-0.1, -0.05) is 20.3 Å². The zero-order chi connectivity index (χ0) is 21.1. The zero-order valence-electron chi connectivity index (χ0n) is 16.1. The topological polar surface area (TPSA) is 72.8 Å². The molecule has 5 nitrogen and oxygen atoms in total. The number of alkyl halides is 2. The molecule has 0 saturated heterocycles. The molecule has 156 valence electrons. The lowest BCUT2D eigenvalue weighted by Crippen LogP contribution is -2.47. The van der Waals surface area contributed by atoms with Crippen molar-refractivity contribution >= 4 is 11.9 Å². The minimum absolute atomic E-state index is 0.162. The highest BCUT2D eigenvalue weighted by atomic mass is 19.3. The number of benzene rings is 1. The number of esters is 1. The Labute approximate surface area is 161 Å². The number of hydrogen-bond acceptors (Lipinski definition) is 4. The van der Waals surface area contributed by atoms with E-state index >= 15 is 0 Å². The summed E-state index contributed by atoms with van der Waals surface area (Å²) in [5, 5.41) is 8.72. The molecule has 0 aliphatic heterocycles. The van der Waals surface area contributed by atoms with Crippen molar-refractivity contribution in [2.45, 2.75) is 70.5 Å². The molecule has 8 heteroatoms. The first-order chi connectivity index (χ1) is 13.0. The van der Waals surface area contributed by atoms with Gasteiger partial charge in [-0.25, -0.2) is 14.0 Å². The van der Waals surface area contributed by atoms with Crippen molar-refractivity contribution in [1.82, 2.24) is 0 Å². The van der Waals surface area contributed by atoms with E-state index < -0.39 is 41.3 Å². The van der Waals surface area contributed by atoms with Crippen LogP contribution in [0, 0.1) is 11.7 Å². The fourth-order valence-electron chi connectivity index (χ4n) is 3.31. The van der Waals surface area contributed by atoms with Crippen molar-refractivity contribution in [1.29, 1.82) is 0 Å². The van der Waals surface area contributed by atoms with Gasteiger partial charge in [0.05, 0.1) is 5.56 Å². The van der Waals surface area contributed by atoms with E-state index in [2.05, 4.69) is 0 Å². The van der Waals surface area contributed by atoms with Crippen molar-refractivity contribution in [3.05, 3.63) is 29.6 Å². The van der Waals surface area contributed by atoms with Gasteiger partial charge in [-0.05, 0) is 56.7 Å². The van der Waals surface area contributed by atoms with Gasteiger partial charge in [0.1, 0.15) is 5.60 Å². The first kappa shape index (κ1) is 22.0. The molecule has 1 aliphatic rings. The summed E-state index contributed by atoms with van der Waals surface area (Å²) < 4.78 is 52.5. The van der Waals surface area contributed by atoms with Gasteiger partial charge >= 0.3 is 17.9 Å². The molecule has 0 spiro atoms. The molecular weight excluding hydrogens is 377 g/mol. The Balaban J connectivity index is 2.22. The Bertz CT molecular complexity index is 727. The van der Waals surface area contributed by atoms with Crippen LogP contribution in [0.15, 0.2) is 18.2 Å². The number of aliphatic carboxylic acids is 1. The highest BCUT2D eigenvalue weighted by Crippen LogP contribution is 2.34. The lowest BCUT2D eigenvalue weighted by Gasteiger charge is -2.34. The van der Waals surface area contributed by atoms with Crippen molar-refractivity contribution in [2.24, 2.45) is 5.92 Å². The van der Waals surface area contributed by atoms with Gasteiger partial charge in [-0.15, -0.1) is 0 Å². The summed E-state index contributed by atoms with van der Waals surface area (Å²) in [6.07, 6.45) is 2.27. The summed E-state index contributed by atoms with van der Waals surface area (Å²) in [6, 6.07) is 3.19. The van der Waals surface area contributed by atoms with Crippen molar-refractivity contribution in [2.75, 3.05) is 0 Å². The van der Waals surface area contributed by atoms with E-state index in [1.165, 1.54) is 13.8 Å². The van der Waals surface area contributed by atoms with Crippen molar-refractivity contribution < 1.29 is 37.3 Å². The monoisotopic (exact) mass is 402 g/mol. The van der Waals surface area contributed by atoms with Gasteiger partial charge in [-0.3, -0.25) is 0 Å². The number of carbonyl (C=O) groups is 2. The fourth-order valence-corrected chi connectivity index (χ4v) is 3.31. The van der Waals surface area contributed by atoms with Crippen molar-refractivity contribution in [3.63, 3.8) is 0 Å². The number of halogens is 3. The van der Waals surface area contributed by atoms with E-state index in [1.807, 2.05) is 6.92 Å². The maximum Gasteiger partial charge on any atom is 0.378 e. The molecule has 1 aromatic rings. The minimum atomic E-state index is -4.25. The van der Waals surface area contributed by atoms with Gasteiger partial charge in [0.15, 0.2) is 17.7 Å². The van der Waals surface area contributed by atoms with Gasteiger partial charge in [0, 0.05) is 0 Å². The molecule has 1 aromatic carbocycles. The summed E-state index contributed by atoms with van der Waals surface area (Å²) in [5.41, 5.74) is -0.763. The normalized spacial score (nSPS) is 17.8. The standard InChI is InChI=1S/C20H25F3O5/c1-12(2)16(20(22,23)18(25)26)27-17(24)13-7-8-14(21)15(11-13)28-19(3)9-5-4-6-10-19/h7-8,11-12,16H,4-6,9-10H2,1-3H3,(H,25,26). The average molecular weight is 402 g/mol. The molecule has 0 bridgehead atoms. The molecule has 2 rings (SSSR count). The van der Waals surface area contributed by atoms with E-state index in [-0.39, 0.29) is 11.3 Å². The molecule has 1 N–H and O–H groups in total. The maximum atomic E-state index is 14.2. The molecule has 28 heavy (non-hydrogen) atoms. The van der Waals surface area contributed by atoms with E-state index in [9.17, 15) is 22.8 Å². The summed E-state index contributed by atoms with van der Waals surface area (Å²) in [4.78, 5) is 23.2. The van der Waals surface area contributed by atoms with Crippen LogP contribution in [0.5, 0.6) is 5.75 Å². The Morgan fingerprint density at radius 2 is 1.79 bits per heavy atom. The third kappa shape index (κ3) is 4.97. The van der Waals surface area contributed by atoms with Crippen LogP contribution in [0.3, 0.4) is 0 Å². The minimum Gasteiger partial charge on any atom is -0.484 e. The molecule has 1 fully saturated rings. The van der Waals surface area contributed by atoms with Crippen LogP contribution in [0.2, 0.25) is 0 Å². The van der Waals surface area contributed by atoms with E-state index in [4.69, 9.17) is 14.6 Å². The van der Waals surface area contributed by atoms with E-state index in [0.29, 0.717) is 0 Å². The molecule has 0 radical (unpaired) electrons. The molecule has 0 heterocycles. The Kier molecular flexibility index (Phi) is 6.62. The third-order valence-corrected chi connectivity index (χ3v) is 4.92. The fraction of sp³-hybridized carbons (Fsp3) is 0.600. The second kappa shape index (κ2) is 8.41. The predicted molar refractivity (Wildman–Crippen MR) is 95.1 cm³/mol. The van der Waals surface area contributed by atoms with E-state index in [0.717, 1.165) is 50.3 Å². The third-order valence-electron chi connectivity index (χ3n) is 4.92. The summed E-state index contributed by atoms with van der Waals surface area (Å²) in [7, 11) is 0. The van der Waals surface area contributed by atoms with E-state index in [1.54, 1.807) is 0 Å². The number of carbonyl (C=O) groups excluding carboxylic acids is 1. The second-order valence-electron chi connectivity index (χ2n) is 7.76. The highest BCUT2D eigenvalue weighted by molar-refractivity contribution is 5.90. The first-order valence-electron chi connectivity index (χ1n) is 9.27. The first-order valence-corrected chi connectivity index (χ1v) is 9.27. The Morgan fingerprint density at radius 3 is 2.32 bits per heavy atom. The summed E-state index contributed by atoms with van der Waals surface area (Å²) in [5.74, 6) is -9.60. The predicted octanol–water partition coefficient (Wildman–Crippen LogP) is 4.83. The number of hydrogen-bond donors (Lipinski definition) is 1. The lowest BCUT2D eigenvalue weighted by atomic mass is 9.86. The van der Waals surface area contributed by atoms with Gasteiger partial charge in [0.2, 0.25) is 0 Å². The van der Waals surface area contributed by atoms with Gasteiger partial charge in [-0.2, -0.15) is 8.78 Å². The highest BCUT2D eigenvalue weighted by Gasteiger charge is 2.51. The number of carboxylic acid groups (broad SMARTS) is 1. The molecular formula is C20H25F3O5. The largest absolute Gasteiger partial charge is 0.484 e. The van der Waals surface area contributed by atoms with Gasteiger partial charge in [0.25, 0.3) is 0 Å². The molecule has 0 aromatic heterocycles. The number of ether oxygens (including phenoxy) is 2. The van der Waals surface area contributed by atoms with Crippen LogP contribution in [0.25, 0.3) is 0 Å². The van der Waals surface area contributed by atoms with Gasteiger partial charge < -0.3 is 14.6 Å². The zero-order valence-corrected chi connectivity index (χ0v) is 16.1. The Morgan fingerprint density at radius 1 is 1.18 bits per heavy atom. The Hall–Kier alpha value is -2.25. The molecule has 1 aliphatic carbocycles. The van der Waals surface area contributed by atoms with Crippen LogP contribution in [-0.4, -0.2) is 34.7 Å². The number of rotatable bonds is 7. The van der Waals surface area contributed by atoms with Crippen LogP contribution < -0.4 is 4.74 Å².